The van der Waals surface area contributed by atoms with Gasteiger partial charge in [-0.1, -0.05) is 0 Å². The maximum atomic E-state index is 13.7. The van der Waals surface area contributed by atoms with Gasteiger partial charge >= 0.3 is 0 Å². The van der Waals surface area contributed by atoms with Gasteiger partial charge in [0.25, 0.3) is 0 Å². The quantitative estimate of drug-likeness (QED) is 0.861. The Labute approximate surface area is 128 Å². The van der Waals surface area contributed by atoms with Gasteiger partial charge in [0.05, 0.1) is 24.5 Å². The minimum absolute atomic E-state index is 0.0619. The van der Waals surface area contributed by atoms with Crippen LogP contribution >= 0.6 is 0 Å². The molecule has 2 N–H and O–H groups in total. The Bertz CT molecular complexity index is 619. The van der Waals surface area contributed by atoms with Gasteiger partial charge in [0, 0.05) is 19.2 Å². The van der Waals surface area contributed by atoms with Crippen molar-refractivity contribution in [2.45, 2.75) is 13.0 Å². The smallest absolute Gasteiger partial charge is 0.128 e. The number of rotatable bonds is 6. The highest BCUT2D eigenvalue weighted by molar-refractivity contribution is 5.49. The van der Waals surface area contributed by atoms with E-state index in [0.29, 0.717) is 12.4 Å². The largest absolute Gasteiger partial charge is 0.395 e. The third-order valence-corrected chi connectivity index (χ3v) is 3.41. The van der Waals surface area contributed by atoms with Crippen LogP contribution in [0.4, 0.5) is 20.3 Å². The minimum atomic E-state index is -0.473. The molecule has 1 heterocycles. The van der Waals surface area contributed by atoms with Crippen molar-refractivity contribution in [2.24, 2.45) is 0 Å². The second-order valence-electron chi connectivity index (χ2n) is 5.08. The van der Waals surface area contributed by atoms with Gasteiger partial charge in [-0.05, 0) is 37.3 Å². The zero-order chi connectivity index (χ0) is 16.1. The molecule has 0 saturated carbocycles. The van der Waals surface area contributed by atoms with Crippen molar-refractivity contribution in [1.29, 1.82) is 0 Å². The SMILES string of the molecule is CC(Nc1ccc(N(C)CCO)cn1)c1cc(F)ccc1F. The Balaban J connectivity index is 2.08. The van der Waals surface area contributed by atoms with E-state index in [2.05, 4.69) is 10.3 Å². The molecule has 0 radical (unpaired) electrons. The molecule has 0 saturated heterocycles. The van der Waals surface area contributed by atoms with E-state index in [1.807, 2.05) is 18.0 Å². The number of hydrogen-bond donors (Lipinski definition) is 2. The Morgan fingerprint density at radius 1 is 1.27 bits per heavy atom. The summed E-state index contributed by atoms with van der Waals surface area (Å²) in [6.07, 6.45) is 1.66. The number of aromatic nitrogens is 1. The lowest BCUT2D eigenvalue weighted by Gasteiger charge is -2.19. The van der Waals surface area contributed by atoms with Crippen molar-refractivity contribution in [1.82, 2.24) is 4.98 Å². The molecule has 1 aromatic carbocycles. The summed E-state index contributed by atoms with van der Waals surface area (Å²) < 4.78 is 26.9. The predicted molar refractivity (Wildman–Crippen MR) is 83.0 cm³/mol. The Morgan fingerprint density at radius 2 is 2.05 bits per heavy atom. The minimum Gasteiger partial charge on any atom is -0.395 e. The normalized spacial score (nSPS) is 12.0. The van der Waals surface area contributed by atoms with E-state index in [0.717, 1.165) is 17.8 Å². The molecular weight excluding hydrogens is 288 g/mol. The van der Waals surface area contributed by atoms with Crippen LogP contribution in [0.15, 0.2) is 36.5 Å². The molecule has 1 unspecified atom stereocenters. The van der Waals surface area contributed by atoms with E-state index >= 15 is 0 Å². The molecule has 0 aliphatic carbocycles. The van der Waals surface area contributed by atoms with Crippen LogP contribution in [-0.4, -0.2) is 30.3 Å². The monoisotopic (exact) mass is 307 g/mol. The summed E-state index contributed by atoms with van der Waals surface area (Å²) in [5, 5.41) is 11.9. The number of benzene rings is 1. The lowest BCUT2D eigenvalue weighted by molar-refractivity contribution is 0.304. The first-order valence-corrected chi connectivity index (χ1v) is 7.01. The van der Waals surface area contributed by atoms with Gasteiger partial charge in [0.2, 0.25) is 0 Å². The van der Waals surface area contributed by atoms with Gasteiger partial charge in [0.15, 0.2) is 0 Å². The first-order valence-electron chi connectivity index (χ1n) is 7.01. The van der Waals surface area contributed by atoms with Gasteiger partial charge in [0.1, 0.15) is 17.5 Å². The maximum Gasteiger partial charge on any atom is 0.128 e. The van der Waals surface area contributed by atoms with Crippen molar-refractivity contribution < 1.29 is 13.9 Å². The number of pyridine rings is 1. The van der Waals surface area contributed by atoms with Gasteiger partial charge in [-0.2, -0.15) is 0 Å². The van der Waals surface area contributed by atoms with E-state index in [9.17, 15) is 8.78 Å². The van der Waals surface area contributed by atoms with Crippen LogP contribution < -0.4 is 10.2 Å². The van der Waals surface area contributed by atoms with Crippen LogP contribution in [-0.2, 0) is 0 Å². The van der Waals surface area contributed by atoms with E-state index in [1.165, 1.54) is 6.07 Å². The fourth-order valence-corrected chi connectivity index (χ4v) is 2.12. The Morgan fingerprint density at radius 3 is 2.68 bits per heavy atom. The number of nitrogens with one attached hydrogen (secondary N) is 1. The van der Waals surface area contributed by atoms with Crippen LogP contribution in [0.5, 0.6) is 0 Å². The number of aliphatic hydroxyl groups is 1. The molecule has 0 bridgehead atoms. The van der Waals surface area contributed by atoms with Gasteiger partial charge < -0.3 is 15.3 Å². The van der Waals surface area contributed by atoms with Crippen LogP contribution in [0.3, 0.4) is 0 Å². The summed E-state index contributed by atoms with van der Waals surface area (Å²) in [5.41, 5.74) is 1.12. The topological polar surface area (TPSA) is 48.4 Å². The zero-order valence-electron chi connectivity index (χ0n) is 12.6. The molecule has 2 aromatic rings. The van der Waals surface area contributed by atoms with Crippen LogP contribution in [0.25, 0.3) is 0 Å². The highest BCUT2D eigenvalue weighted by atomic mass is 19.1. The third-order valence-electron chi connectivity index (χ3n) is 3.41. The van der Waals surface area contributed by atoms with Crippen LogP contribution in [0.2, 0.25) is 0 Å². The summed E-state index contributed by atoms with van der Waals surface area (Å²) in [7, 11) is 1.85. The number of nitrogens with zero attached hydrogens (tertiary/aromatic N) is 2. The number of likely N-dealkylation sites (N-methyl/N-ethyl adjacent to an activating group) is 1. The number of halogens is 2. The molecule has 118 valence electrons. The van der Waals surface area contributed by atoms with Crippen LogP contribution in [0, 0.1) is 11.6 Å². The molecule has 0 aliphatic rings. The lowest BCUT2D eigenvalue weighted by atomic mass is 10.1. The molecule has 6 heteroatoms. The Kier molecular flexibility index (Phi) is 5.27. The van der Waals surface area contributed by atoms with Gasteiger partial charge in [-0.3, -0.25) is 0 Å². The van der Waals surface area contributed by atoms with Gasteiger partial charge in [-0.25, -0.2) is 13.8 Å². The molecule has 1 atom stereocenters. The third kappa shape index (κ3) is 3.92. The molecule has 22 heavy (non-hydrogen) atoms. The van der Waals surface area contributed by atoms with Crippen molar-refractivity contribution >= 4 is 11.5 Å². The highest BCUT2D eigenvalue weighted by Crippen LogP contribution is 2.22. The lowest BCUT2D eigenvalue weighted by Crippen LogP contribution is -2.21. The molecule has 2 rings (SSSR count). The number of anilines is 2. The molecule has 4 nitrogen and oxygen atoms in total. The standard InChI is InChI=1S/C16H19F2N3O/c1-11(14-9-12(17)3-5-15(14)18)20-16-6-4-13(10-19-16)21(2)7-8-22/h3-6,9-11,22H,7-8H2,1-2H3,(H,19,20). The van der Waals surface area contributed by atoms with Crippen molar-refractivity contribution in [3.63, 3.8) is 0 Å². The number of hydrogen-bond acceptors (Lipinski definition) is 4. The zero-order valence-corrected chi connectivity index (χ0v) is 12.6. The molecule has 0 spiro atoms. The van der Waals surface area contributed by atoms with Crippen molar-refractivity contribution in [3.8, 4) is 0 Å². The summed E-state index contributed by atoms with van der Waals surface area (Å²) in [6, 6.07) is 6.58. The first-order chi connectivity index (χ1) is 10.5. The second kappa shape index (κ2) is 7.17. The second-order valence-corrected chi connectivity index (χ2v) is 5.08. The average Bonchev–Trinajstić information content (AvgIpc) is 2.50. The Hall–Kier alpha value is -2.21. The molecule has 0 fully saturated rings. The summed E-state index contributed by atoms with van der Waals surface area (Å²) in [4.78, 5) is 6.12. The van der Waals surface area contributed by atoms with E-state index in [-0.39, 0.29) is 12.2 Å². The summed E-state index contributed by atoms with van der Waals surface area (Å²) in [6.45, 7) is 2.32. The van der Waals surface area contributed by atoms with Crippen molar-refractivity contribution in [3.05, 3.63) is 53.7 Å². The average molecular weight is 307 g/mol. The van der Waals surface area contributed by atoms with E-state index in [1.54, 1.807) is 19.2 Å². The van der Waals surface area contributed by atoms with E-state index in [4.69, 9.17) is 5.11 Å². The number of aliphatic hydroxyl groups excluding tert-OH is 1. The molecule has 0 aliphatic heterocycles. The van der Waals surface area contributed by atoms with Crippen LogP contribution in [0.1, 0.15) is 18.5 Å². The van der Waals surface area contributed by atoms with E-state index < -0.39 is 17.7 Å². The van der Waals surface area contributed by atoms with Crippen molar-refractivity contribution in [2.75, 3.05) is 30.4 Å². The summed E-state index contributed by atoms with van der Waals surface area (Å²) in [5.74, 6) is -0.364. The molecule has 1 aromatic heterocycles. The fourth-order valence-electron chi connectivity index (χ4n) is 2.12. The molecular formula is C16H19F2N3O. The molecule has 0 amide bonds. The van der Waals surface area contributed by atoms with Gasteiger partial charge in [-0.15, -0.1) is 0 Å². The first kappa shape index (κ1) is 16.2. The fraction of sp³-hybridized carbons (Fsp3) is 0.312. The predicted octanol–water partition coefficient (Wildman–Crippen LogP) is 2.96. The highest BCUT2D eigenvalue weighted by Gasteiger charge is 2.12. The summed E-state index contributed by atoms with van der Waals surface area (Å²) >= 11 is 0. The maximum absolute atomic E-state index is 13.7.